The molecular formula is C20H29N3O4. The molecule has 1 aromatic rings. The number of esters is 1. The Labute approximate surface area is 160 Å². The number of hydrogen-bond donors (Lipinski definition) is 2. The minimum atomic E-state index is -0.893. The van der Waals surface area contributed by atoms with Crippen LogP contribution in [-0.4, -0.2) is 47.4 Å². The van der Waals surface area contributed by atoms with Crippen molar-refractivity contribution in [1.29, 1.82) is 0 Å². The van der Waals surface area contributed by atoms with Crippen LogP contribution in [0.1, 0.15) is 51.0 Å². The van der Waals surface area contributed by atoms with Gasteiger partial charge in [-0.25, -0.2) is 4.79 Å². The number of rotatable bonds is 10. The molecule has 2 rings (SSSR count). The third-order valence-corrected chi connectivity index (χ3v) is 4.44. The molecule has 0 spiro atoms. The average molecular weight is 375 g/mol. The zero-order valence-corrected chi connectivity index (χ0v) is 15.9. The molecular weight excluding hydrogens is 346 g/mol. The van der Waals surface area contributed by atoms with Gasteiger partial charge in [0.15, 0.2) is 0 Å². The Morgan fingerprint density at radius 1 is 1.15 bits per heavy atom. The van der Waals surface area contributed by atoms with Gasteiger partial charge >= 0.3 is 11.9 Å². The van der Waals surface area contributed by atoms with E-state index in [1.54, 1.807) is 6.92 Å². The van der Waals surface area contributed by atoms with Gasteiger partial charge in [0.1, 0.15) is 5.71 Å². The van der Waals surface area contributed by atoms with Crippen molar-refractivity contribution in [3.05, 3.63) is 29.8 Å². The van der Waals surface area contributed by atoms with Crippen LogP contribution in [0.4, 0.5) is 5.69 Å². The lowest BCUT2D eigenvalue weighted by Gasteiger charge is -2.26. The van der Waals surface area contributed by atoms with Crippen LogP contribution in [0.3, 0.4) is 0 Å². The highest BCUT2D eigenvalue weighted by Crippen LogP contribution is 2.15. The molecule has 148 valence electrons. The number of carboxylic acid groups (broad SMARTS) is 1. The highest BCUT2D eigenvalue weighted by atomic mass is 16.5. The van der Waals surface area contributed by atoms with Crippen molar-refractivity contribution in [3.63, 3.8) is 0 Å². The van der Waals surface area contributed by atoms with E-state index in [1.807, 2.05) is 12.1 Å². The number of piperidine rings is 1. The summed E-state index contributed by atoms with van der Waals surface area (Å²) in [5, 5.41) is 12.9. The van der Waals surface area contributed by atoms with Crippen LogP contribution in [0, 0.1) is 0 Å². The molecule has 1 heterocycles. The first-order valence-electron chi connectivity index (χ1n) is 9.61. The van der Waals surface area contributed by atoms with Crippen LogP contribution in [0.15, 0.2) is 29.4 Å². The fraction of sp³-hybridized carbons (Fsp3) is 0.550. The van der Waals surface area contributed by atoms with Crippen molar-refractivity contribution in [1.82, 2.24) is 4.90 Å². The maximum atomic E-state index is 12.0. The minimum Gasteiger partial charge on any atom is -0.481 e. The van der Waals surface area contributed by atoms with Gasteiger partial charge in [0, 0.05) is 13.0 Å². The predicted octanol–water partition coefficient (Wildman–Crippen LogP) is 3.26. The van der Waals surface area contributed by atoms with Crippen molar-refractivity contribution in [2.75, 3.05) is 25.1 Å². The molecule has 1 aromatic carbocycles. The van der Waals surface area contributed by atoms with E-state index >= 15 is 0 Å². The minimum absolute atomic E-state index is 0.0103. The smallest absolute Gasteiger partial charge is 0.354 e. The quantitative estimate of drug-likeness (QED) is 0.371. The van der Waals surface area contributed by atoms with Crippen LogP contribution in [-0.2, 0) is 20.9 Å². The van der Waals surface area contributed by atoms with E-state index in [4.69, 9.17) is 9.84 Å². The van der Waals surface area contributed by atoms with Crippen LogP contribution in [0.5, 0.6) is 0 Å². The van der Waals surface area contributed by atoms with E-state index in [-0.39, 0.29) is 25.2 Å². The van der Waals surface area contributed by atoms with Crippen molar-refractivity contribution in [2.24, 2.45) is 5.10 Å². The lowest BCUT2D eigenvalue weighted by atomic mass is 10.1. The normalized spacial score (nSPS) is 15.4. The Morgan fingerprint density at radius 3 is 2.48 bits per heavy atom. The van der Waals surface area contributed by atoms with Gasteiger partial charge in [-0.1, -0.05) is 18.6 Å². The van der Waals surface area contributed by atoms with Crippen LogP contribution in [0.2, 0.25) is 0 Å². The molecule has 0 bridgehead atoms. The lowest BCUT2D eigenvalue weighted by Crippen LogP contribution is -2.29. The number of likely N-dealkylation sites (tertiary alicyclic amines) is 1. The lowest BCUT2D eigenvalue weighted by molar-refractivity contribution is -0.137. The summed E-state index contributed by atoms with van der Waals surface area (Å²) in [5.41, 5.74) is 5.11. The highest BCUT2D eigenvalue weighted by molar-refractivity contribution is 6.36. The van der Waals surface area contributed by atoms with E-state index < -0.39 is 11.9 Å². The molecule has 1 aliphatic rings. The summed E-state index contributed by atoms with van der Waals surface area (Å²) in [7, 11) is 0. The van der Waals surface area contributed by atoms with Crippen molar-refractivity contribution < 1.29 is 19.4 Å². The number of nitrogens with zero attached hydrogens (tertiary/aromatic N) is 2. The molecule has 0 atom stereocenters. The molecule has 1 saturated heterocycles. The molecule has 0 aliphatic carbocycles. The molecule has 0 amide bonds. The summed E-state index contributed by atoms with van der Waals surface area (Å²) in [6, 6.07) is 7.98. The number of ether oxygens (including phenoxy) is 1. The van der Waals surface area contributed by atoms with Gasteiger partial charge in [0.05, 0.1) is 12.3 Å². The fourth-order valence-corrected chi connectivity index (χ4v) is 3.02. The molecule has 1 fully saturated rings. The number of benzene rings is 1. The molecule has 2 N–H and O–H groups in total. The second-order valence-electron chi connectivity index (χ2n) is 6.67. The van der Waals surface area contributed by atoms with Crippen LogP contribution in [0.25, 0.3) is 0 Å². The number of hydrazone groups is 1. The number of carboxylic acids is 1. The predicted molar refractivity (Wildman–Crippen MR) is 105 cm³/mol. The number of aliphatic carboxylic acids is 1. The van der Waals surface area contributed by atoms with Gasteiger partial charge in [-0.2, -0.15) is 5.10 Å². The van der Waals surface area contributed by atoms with E-state index in [0.717, 1.165) is 25.3 Å². The molecule has 0 saturated carbocycles. The number of nitrogens with one attached hydrogen (secondary N) is 1. The van der Waals surface area contributed by atoms with Crippen molar-refractivity contribution in [2.45, 2.75) is 52.0 Å². The molecule has 0 unspecified atom stereocenters. The van der Waals surface area contributed by atoms with E-state index in [2.05, 4.69) is 27.6 Å². The van der Waals surface area contributed by atoms with E-state index in [1.165, 1.54) is 24.8 Å². The number of hydrogen-bond acceptors (Lipinski definition) is 6. The standard InChI is InChI=1S/C20H29N3O4/c1-2-27-20(26)18(7-6-8-19(24)25)22-21-17-11-9-16(10-12-17)15-23-13-4-3-5-14-23/h9-12,21H,2-8,13-15H2,1H3,(H,24,25)/b22-18-. The largest absolute Gasteiger partial charge is 0.481 e. The average Bonchev–Trinajstić information content (AvgIpc) is 2.66. The molecule has 0 radical (unpaired) electrons. The number of carbonyl (C=O) groups is 2. The Morgan fingerprint density at radius 2 is 1.85 bits per heavy atom. The summed E-state index contributed by atoms with van der Waals surface area (Å²) < 4.78 is 4.99. The second kappa shape index (κ2) is 11.3. The Kier molecular flexibility index (Phi) is 8.77. The van der Waals surface area contributed by atoms with Crippen molar-refractivity contribution in [3.8, 4) is 0 Å². The number of anilines is 1. The summed E-state index contributed by atoms with van der Waals surface area (Å²) in [6.45, 7) is 5.24. The third kappa shape index (κ3) is 7.78. The highest BCUT2D eigenvalue weighted by Gasteiger charge is 2.14. The van der Waals surface area contributed by atoms with E-state index in [9.17, 15) is 9.59 Å². The van der Waals surface area contributed by atoms with E-state index in [0.29, 0.717) is 6.42 Å². The SMILES string of the molecule is CCOC(=O)/C(CCCC(=O)O)=N\Nc1ccc(CN2CCCCC2)cc1. The number of carbonyl (C=O) groups excluding carboxylic acids is 1. The molecule has 7 nitrogen and oxygen atoms in total. The molecule has 27 heavy (non-hydrogen) atoms. The fourth-order valence-electron chi connectivity index (χ4n) is 3.02. The van der Waals surface area contributed by atoms with Crippen molar-refractivity contribution >= 4 is 23.3 Å². The monoisotopic (exact) mass is 375 g/mol. The maximum absolute atomic E-state index is 12.0. The van der Waals surface area contributed by atoms with Gasteiger partial charge in [-0.05, 0) is 63.4 Å². The molecule has 7 heteroatoms. The first-order valence-corrected chi connectivity index (χ1v) is 9.61. The zero-order valence-electron chi connectivity index (χ0n) is 15.9. The summed E-state index contributed by atoms with van der Waals surface area (Å²) in [6.07, 6.45) is 4.45. The van der Waals surface area contributed by atoms with Gasteiger partial charge < -0.3 is 9.84 Å². The molecule has 0 aromatic heterocycles. The van der Waals surface area contributed by atoms with Crippen LogP contribution < -0.4 is 5.43 Å². The maximum Gasteiger partial charge on any atom is 0.354 e. The van der Waals surface area contributed by atoms with Gasteiger partial charge in [-0.15, -0.1) is 0 Å². The second-order valence-corrected chi connectivity index (χ2v) is 6.67. The Hall–Kier alpha value is -2.41. The summed E-state index contributed by atoms with van der Waals surface area (Å²) >= 11 is 0. The third-order valence-electron chi connectivity index (χ3n) is 4.44. The Balaban J connectivity index is 1.92. The summed E-state index contributed by atoms with van der Waals surface area (Å²) in [4.78, 5) is 25.1. The van der Waals surface area contributed by atoms with Crippen LogP contribution >= 0.6 is 0 Å². The zero-order chi connectivity index (χ0) is 19.5. The molecule has 1 aliphatic heterocycles. The summed E-state index contributed by atoms with van der Waals surface area (Å²) in [5.74, 6) is -1.41. The van der Waals surface area contributed by atoms with Gasteiger partial charge in [0.25, 0.3) is 0 Å². The van der Waals surface area contributed by atoms with Gasteiger partial charge in [0.2, 0.25) is 0 Å². The Bertz CT molecular complexity index is 637. The topological polar surface area (TPSA) is 91.2 Å². The first kappa shape index (κ1) is 20.9. The van der Waals surface area contributed by atoms with Gasteiger partial charge in [-0.3, -0.25) is 15.1 Å². The first-order chi connectivity index (χ1) is 13.1.